The van der Waals surface area contributed by atoms with Gasteiger partial charge in [-0.25, -0.2) is 0 Å². The SMILES string of the molecule is Cc1nocc1N=O. The minimum absolute atomic E-state index is 0.269. The highest BCUT2D eigenvalue weighted by molar-refractivity contribution is 5.35. The van der Waals surface area contributed by atoms with Crippen LogP contribution in [0, 0.1) is 11.8 Å². The fourth-order valence-corrected chi connectivity index (χ4v) is 0.375. The molecule has 0 bridgehead atoms. The molecule has 0 aliphatic rings. The molecule has 1 rings (SSSR count). The third-order valence-electron chi connectivity index (χ3n) is 0.823. The molecule has 0 radical (unpaired) electrons. The summed E-state index contributed by atoms with van der Waals surface area (Å²) in [6.45, 7) is 1.65. The first-order valence-corrected chi connectivity index (χ1v) is 2.09. The Balaban J connectivity index is 3.09. The van der Waals surface area contributed by atoms with E-state index in [4.69, 9.17) is 0 Å². The topological polar surface area (TPSA) is 55.5 Å². The molecular formula is C4H4N2O2. The molecule has 0 aromatic carbocycles. The molecule has 4 nitrogen and oxygen atoms in total. The van der Waals surface area contributed by atoms with Gasteiger partial charge in [0.25, 0.3) is 0 Å². The van der Waals surface area contributed by atoms with E-state index >= 15 is 0 Å². The minimum Gasteiger partial charge on any atom is -0.362 e. The van der Waals surface area contributed by atoms with Gasteiger partial charge in [-0.05, 0) is 12.1 Å². The lowest BCUT2D eigenvalue weighted by Crippen LogP contribution is -1.64. The Morgan fingerprint density at radius 3 is 2.88 bits per heavy atom. The van der Waals surface area contributed by atoms with Gasteiger partial charge in [0, 0.05) is 0 Å². The maximum Gasteiger partial charge on any atom is 0.170 e. The van der Waals surface area contributed by atoms with E-state index in [2.05, 4.69) is 14.9 Å². The van der Waals surface area contributed by atoms with Gasteiger partial charge in [0.15, 0.2) is 12.0 Å². The van der Waals surface area contributed by atoms with Gasteiger partial charge in [-0.3, -0.25) is 0 Å². The number of nitrogens with zero attached hydrogens (tertiary/aromatic N) is 2. The largest absolute Gasteiger partial charge is 0.362 e. The van der Waals surface area contributed by atoms with Crippen molar-refractivity contribution in [3.05, 3.63) is 16.9 Å². The number of aromatic nitrogens is 1. The Morgan fingerprint density at radius 2 is 2.62 bits per heavy atom. The fourth-order valence-electron chi connectivity index (χ4n) is 0.375. The zero-order chi connectivity index (χ0) is 5.98. The van der Waals surface area contributed by atoms with Gasteiger partial charge < -0.3 is 4.52 Å². The summed E-state index contributed by atoms with van der Waals surface area (Å²) in [5, 5.41) is 6.04. The first kappa shape index (κ1) is 4.96. The molecule has 0 fully saturated rings. The van der Waals surface area contributed by atoms with Gasteiger partial charge in [-0.1, -0.05) is 5.16 Å². The second kappa shape index (κ2) is 1.73. The molecule has 0 spiro atoms. The second-order valence-electron chi connectivity index (χ2n) is 1.38. The number of hydrogen-bond acceptors (Lipinski definition) is 4. The average Bonchev–Trinajstić information content (AvgIpc) is 2.14. The second-order valence-corrected chi connectivity index (χ2v) is 1.38. The van der Waals surface area contributed by atoms with Gasteiger partial charge in [-0.2, -0.15) is 0 Å². The summed E-state index contributed by atoms with van der Waals surface area (Å²) in [5.74, 6) is 0. The van der Waals surface area contributed by atoms with Crippen molar-refractivity contribution in [3.8, 4) is 0 Å². The van der Waals surface area contributed by atoms with Gasteiger partial charge >= 0.3 is 0 Å². The highest BCUT2D eigenvalue weighted by Gasteiger charge is 1.98. The van der Waals surface area contributed by atoms with Crippen LogP contribution in [0.4, 0.5) is 5.69 Å². The van der Waals surface area contributed by atoms with E-state index in [1.54, 1.807) is 6.92 Å². The van der Waals surface area contributed by atoms with Crippen LogP contribution in [-0.4, -0.2) is 5.16 Å². The van der Waals surface area contributed by atoms with Crippen LogP contribution in [0.5, 0.6) is 0 Å². The normalized spacial score (nSPS) is 9.12. The lowest BCUT2D eigenvalue weighted by molar-refractivity contribution is 0.415. The van der Waals surface area contributed by atoms with E-state index in [1.807, 2.05) is 0 Å². The van der Waals surface area contributed by atoms with E-state index in [-0.39, 0.29) is 5.69 Å². The first-order chi connectivity index (χ1) is 3.84. The summed E-state index contributed by atoms with van der Waals surface area (Å²) in [4.78, 5) is 9.74. The molecular weight excluding hydrogens is 108 g/mol. The summed E-state index contributed by atoms with van der Waals surface area (Å²) >= 11 is 0. The molecule has 1 aromatic heterocycles. The van der Waals surface area contributed by atoms with E-state index in [0.717, 1.165) is 0 Å². The Hall–Kier alpha value is -1.19. The van der Waals surface area contributed by atoms with Crippen LogP contribution in [-0.2, 0) is 0 Å². The molecule has 1 aromatic rings. The first-order valence-electron chi connectivity index (χ1n) is 2.09. The maximum absolute atomic E-state index is 9.74. The van der Waals surface area contributed by atoms with Crippen molar-refractivity contribution in [3.63, 3.8) is 0 Å². The molecule has 0 aliphatic heterocycles. The maximum atomic E-state index is 9.74. The van der Waals surface area contributed by atoms with E-state index in [1.165, 1.54) is 6.26 Å². The third-order valence-corrected chi connectivity index (χ3v) is 0.823. The molecule has 42 valence electrons. The quantitative estimate of drug-likeness (QED) is 0.515. The van der Waals surface area contributed by atoms with Crippen molar-refractivity contribution in [1.29, 1.82) is 0 Å². The van der Waals surface area contributed by atoms with Crippen molar-refractivity contribution in [2.45, 2.75) is 6.92 Å². The van der Waals surface area contributed by atoms with Gasteiger partial charge in [0.05, 0.1) is 0 Å². The number of nitroso groups, excluding NO2 is 1. The summed E-state index contributed by atoms with van der Waals surface area (Å²) in [7, 11) is 0. The highest BCUT2D eigenvalue weighted by Crippen LogP contribution is 2.13. The van der Waals surface area contributed by atoms with E-state index in [9.17, 15) is 4.91 Å². The van der Waals surface area contributed by atoms with Crippen LogP contribution in [0.3, 0.4) is 0 Å². The van der Waals surface area contributed by atoms with Crippen molar-refractivity contribution in [1.82, 2.24) is 5.16 Å². The summed E-state index contributed by atoms with van der Waals surface area (Å²) < 4.78 is 4.39. The van der Waals surface area contributed by atoms with Crippen molar-refractivity contribution < 1.29 is 4.52 Å². The molecule has 0 unspecified atom stereocenters. The van der Waals surface area contributed by atoms with Crippen molar-refractivity contribution in [2.24, 2.45) is 5.18 Å². The van der Waals surface area contributed by atoms with E-state index < -0.39 is 0 Å². The van der Waals surface area contributed by atoms with Crippen LogP contribution in [0.25, 0.3) is 0 Å². The standard InChI is InChI=1S/C4H4N2O2/c1-3-4(5-7)2-8-6-3/h2H,1H3. The lowest BCUT2D eigenvalue weighted by atomic mass is 10.4. The van der Waals surface area contributed by atoms with E-state index in [0.29, 0.717) is 5.69 Å². The molecule has 0 atom stereocenters. The molecule has 0 amide bonds. The predicted octanol–water partition coefficient (Wildman–Crippen LogP) is 1.38. The number of aryl methyl sites for hydroxylation is 1. The van der Waals surface area contributed by atoms with Gasteiger partial charge in [0.2, 0.25) is 0 Å². The lowest BCUT2D eigenvalue weighted by Gasteiger charge is -1.72. The summed E-state index contributed by atoms with van der Waals surface area (Å²) in [5.41, 5.74) is 0.796. The zero-order valence-electron chi connectivity index (χ0n) is 4.29. The number of hydrogen-bond donors (Lipinski definition) is 0. The Bertz CT molecular complexity index is 194. The molecule has 8 heavy (non-hydrogen) atoms. The monoisotopic (exact) mass is 112 g/mol. The summed E-state index contributed by atoms with van der Waals surface area (Å²) in [6, 6.07) is 0. The van der Waals surface area contributed by atoms with Crippen molar-refractivity contribution >= 4 is 5.69 Å². The van der Waals surface area contributed by atoms with Crippen LogP contribution in [0.15, 0.2) is 16.0 Å². The van der Waals surface area contributed by atoms with Gasteiger partial charge in [0.1, 0.15) is 5.69 Å². The molecule has 0 saturated carbocycles. The third kappa shape index (κ3) is 0.598. The van der Waals surface area contributed by atoms with Crippen LogP contribution < -0.4 is 0 Å². The molecule has 0 saturated heterocycles. The highest BCUT2D eigenvalue weighted by atomic mass is 16.5. The summed E-state index contributed by atoms with van der Waals surface area (Å²) in [6.07, 6.45) is 1.21. The fraction of sp³-hybridized carbons (Fsp3) is 0.250. The van der Waals surface area contributed by atoms with Crippen LogP contribution in [0.1, 0.15) is 5.69 Å². The predicted molar refractivity (Wildman–Crippen MR) is 26.7 cm³/mol. The molecule has 4 heteroatoms. The molecule has 0 aliphatic carbocycles. The number of rotatable bonds is 1. The van der Waals surface area contributed by atoms with Crippen molar-refractivity contribution in [2.75, 3.05) is 0 Å². The molecule has 0 N–H and O–H groups in total. The smallest absolute Gasteiger partial charge is 0.170 e. The average molecular weight is 112 g/mol. The van der Waals surface area contributed by atoms with Gasteiger partial charge in [-0.15, -0.1) is 4.91 Å². The minimum atomic E-state index is 0.269. The Labute approximate surface area is 45.5 Å². The molecule has 1 heterocycles. The van der Waals surface area contributed by atoms with Crippen LogP contribution >= 0.6 is 0 Å². The van der Waals surface area contributed by atoms with Crippen LogP contribution in [0.2, 0.25) is 0 Å². The Morgan fingerprint density at radius 1 is 1.88 bits per heavy atom. The Kier molecular flexibility index (Phi) is 1.07. The zero-order valence-corrected chi connectivity index (χ0v) is 4.29.